The van der Waals surface area contributed by atoms with Gasteiger partial charge in [0.1, 0.15) is 11.5 Å². The first kappa shape index (κ1) is 11.9. The zero-order chi connectivity index (χ0) is 13.2. The van der Waals surface area contributed by atoms with Crippen LogP contribution >= 0.6 is 0 Å². The molecule has 0 saturated heterocycles. The molecule has 0 fully saturated rings. The molecule has 19 heavy (non-hydrogen) atoms. The van der Waals surface area contributed by atoms with Crippen LogP contribution in [0, 0.1) is 0 Å². The van der Waals surface area contributed by atoms with Crippen LogP contribution in [-0.2, 0) is 6.42 Å². The largest absolute Gasteiger partial charge is 0.497 e. The second-order valence-electron chi connectivity index (χ2n) is 4.57. The lowest BCUT2D eigenvalue weighted by atomic mass is 9.97. The van der Waals surface area contributed by atoms with Crippen molar-refractivity contribution in [3.8, 4) is 22.6 Å². The molecule has 0 saturated carbocycles. The van der Waals surface area contributed by atoms with Crippen LogP contribution in [0.3, 0.4) is 0 Å². The molecule has 0 amide bonds. The number of anilines is 1. The van der Waals surface area contributed by atoms with Gasteiger partial charge in [0.2, 0.25) is 0 Å². The van der Waals surface area contributed by atoms with E-state index in [1.54, 1.807) is 14.2 Å². The summed E-state index contributed by atoms with van der Waals surface area (Å²) in [5.74, 6) is 1.72. The number of rotatable bonds is 3. The van der Waals surface area contributed by atoms with E-state index in [0.29, 0.717) is 0 Å². The van der Waals surface area contributed by atoms with Crippen molar-refractivity contribution in [2.24, 2.45) is 0 Å². The molecule has 1 aliphatic rings. The lowest BCUT2D eigenvalue weighted by Crippen LogP contribution is -1.93. The van der Waals surface area contributed by atoms with Gasteiger partial charge in [-0.3, -0.25) is 0 Å². The number of hydrogen-bond acceptors (Lipinski definition) is 3. The predicted molar refractivity (Wildman–Crippen MR) is 77.2 cm³/mol. The Balaban J connectivity index is 2.18. The summed E-state index contributed by atoms with van der Waals surface area (Å²) in [6.45, 7) is 0.999. The highest BCUT2D eigenvalue weighted by molar-refractivity contribution is 5.80. The van der Waals surface area contributed by atoms with Crippen LogP contribution in [0.1, 0.15) is 5.56 Å². The standard InChI is InChI=1S/C16H17NO2/c1-18-11-6-7-16(19-2)14(10-11)12-4-3-5-15-13(12)8-9-17-15/h3-7,10,17H,8-9H2,1-2H3. The number of fused-ring (bicyclic) bond motifs is 1. The Morgan fingerprint density at radius 1 is 1.00 bits per heavy atom. The topological polar surface area (TPSA) is 30.5 Å². The Kier molecular flexibility index (Phi) is 3.03. The van der Waals surface area contributed by atoms with Crippen molar-refractivity contribution < 1.29 is 9.47 Å². The fourth-order valence-electron chi connectivity index (χ4n) is 2.62. The molecular formula is C16H17NO2. The first-order chi connectivity index (χ1) is 9.33. The Labute approximate surface area is 113 Å². The molecule has 0 unspecified atom stereocenters. The van der Waals surface area contributed by atoms with E-state index in [4.69, 9.17) is 9.47 Å². The highest BCUT2D eigenvalue weighted by Crippen LogP contribution is 2.39. The third kappa shape index (κ3) is 2.01. The second kappa shape index (κ2) is 4.84. The molecule has 0 aromatic heterocycles. The lowest BCUT2D eigenvalue weighted by Gasteiger charge is -2.13. The summed E-state index contributed by atoms with van der Waals surface area (Å²) in [5.41, 5.74) is 4.89. The molecule has 0 atom stereocenters. The molecule has 0 aliphatic carbocycles. The number of benzene rings is 2. The minimum Gasteiger partial charge on any atom is -0.497 e. The molecule has 0 radical (unpaired) electrons. The average molecular weight is 255 g/mol. The molecular weight excluding hydrogens is 238 g/mol. The van der Waals surface area contributed by atoms with Crippen molar-refractivity contribution in [2.45, 2.75) is 6.42 Å². The average Bonchev–Trinajstić information content (AvgIpc) is 2.94. The molecule has 2 aromatic rings. The molecule has 98 valence electrons. The maximum Gasteiger partial charge on any atom is 0.126 e. The van der Waals surface area contributed by atoms with Gasteiger partial charge in [0.25, 0.3) is 0 Å². The Bertz CT molecular complexity index is 608. The van der Waals surface area contributed by atoms with E-state index >= 15 is 0 Å². The van der Waals surface area contributed by atoms with Gasteiger partial charge in [-0.1, -0.05) is 12.1 Å². The number of ether oxygens (including phenoxy) is 2. The van der Waals surface area contributed by atoms with Crippen molar-refractivity contribution in [2.75, 3.05) is 26.1 Å². The first-order valence-corrected chi connectivity index (χ1v) is 6.41. The monoisotopic (exact) mass is 255 g/mol. The molecule has 1 aliphatic heterocycles. The van der Waals surface area contributed by atoms with Crippen LogP contribution < -0.4 is 14.8 Å². The number of hydrogen-bond donors (Lipinski definition) is 1. The van der Waals surface area contributed by atoms with Gasteiger partial charge in [-0.2, -0.15) is 0 Å². The zero-order valence-electron chi connectivity index (χ0n) is 11.2. The third-order valence-corrected chi connectivity index (χ3v) is 3.56. The lowest BCUT2D eigenvalue weighted by molar-refractivity contribution is 0.404. The second-order valence-corrected chi connectivity index (χ2v) is 4.57. The van der Waals surface area contributed by atoms with E-state index < -0.39 is 0 Å². The maximum atomic E-state index is 5.48. The van der Waals surface area contributed by atoms with E-state index in [1.807, 2.05) is 18.2 Å². The Morgan fingerprint density at radius 3 is 2.68 bits per heavy atom. The minimum atomic E-state index is 0.847. The van der Waals surface area contributed by atoms with Gasteiger partial charge in [-0.25, -0.2) is 0 Å². The van der Waals surface area contributed by atoms with Crippen molar-refractivity contribution in [3.63, 3.8) is 0 Å². The molecule has 3 rings (SSSR count). The normalized spacial score (nSPS) is 12.7. The molecule has 3 heteroatoms. The van der Waals surface area contributed by atoms with Gasteiger partial charge < -0.3 is 14.8 Å². The van der Waals surface area contributed by atoms with E-state index in [2.05, 4.69) is 23.5 Å². The smallest absolute Gasteiger partial charge is 0.126 e. The van der Waals surface area contributed by atoms with Crippen molar-refractivity contribution in [1.29, 1.82) is 0 Å². The first-order valence-electron chi connectivity index (χ1n) is 6.41. The summed E-state index contributed by atoms with van der Waals surface area (Å²) in [4.78, 5) is 0. The van der Waals surface area contributed by atoms with Gasteiger partial charge in [0.05, 0.1) is 14.2 Å². The summed E-state index contributed by atoms with van der Waals surface area (Å²) in [6, 6.07) is 12.2. The van der Waals surface area contributed by atoms with Crippen LogP contribution in [0.15, 0.2) is 36.4 Å². The highest BCUT2D eigenvalue weighted by atomic mass is 16.5. The van der Waals surface area contributed by atoms with Gasteiger partial charge >= 0.3 is 0 Å². The molecule has 3 nitrogen and oxygen atoms in total. The van der Waals surface area contributed by atoms with Crippen molar-refractivity contribution in [1.82, 2.24) is 0 Å². The zero-order valence-corrected chi connectivity index (χ0v) is 11.2. The summed E-state index contributed by atoms with van der Waals surface area (Å²) in [5, 5.41) is 3.40. The van der Waals surface area contributed by atoms with Crippen LogP contribution in [0.4, 0.5) is 5.69 Å². The van der Waals surface area contributed by atoms with Crippen LogP contribution in [-0.4, -0.2) is 20.8 Å². The number of methoxy groups -OCH3 is 2. The maximum absolute atomic E-state index is 5.48. The molecule has 0 bridgehead atoms. The predicted octanol–water partition coefficient (Wildman–Crippen LogP) is 3.34. The quantitative estimate of drug-likeness (QED) is 0.912. The summed E-state index contributed by atoms with van der Waals surface area (Å²) in [6.07, 6.45) is 1.05. The summed E-state index contributed by atoms with van der Waals surface area (Å²) < 4.78 is 10.8. The Morgan fingerprint density at radius 2 is 1.89 bits per heavy atom. The summed E-state index contributed by atoms with van der Waals surface area (Å²) >= 11 is 0. The highest BCUT2D eigenvalue weighted by Gasteiger charge is 2.17. The SMILES string of the molecule is COc1ccc(OC)c(-c2cccc3c2CCN3)c1. The van der Waals surface area contributed by atoms with Gasteiger partial charge in [-0.15, -0.1) is 0 Å². The molecule has 0 spiro atoms. The van der Waals surface area contributed by atoms with Crippen molar-refractivity contribution in [3.05, 3.63) is 42.0 Å². The number of nitrogens with one attached hydrogen (secondary N) is 1. The van der Waals surface area contributed by atoms with Gasteiger partial charge in [0.15, 0.2) is 0 Å². The van der Waals surface area contributed by atoms with Gasteiger partial charge in [0, 0.05) is 17.8 Å². The van der Waals surface area contributed by atoms with Crippen molar-refractivity contribution >= 4 is 5.69 Å². The fraction of sp³-hybridized carbons (Fsp3) is 0.250. The molecule has 2 aromatic carbocycles. The third-order valence-electron chi connectivity index (χ3n) is 3.56. The minimum absolute atomic E-state index is 0.847. The Hall–Kier alpha value is -2.16. The van der Waals surface area contributed by atoms with E-state index in [-0.39, 0.29) is 0 Å². The van der Waals surface area contributed by atoms with Crippen LogP contribution in [0.25, 0.3) is 11.1 Å². The fourth-order valence-corrected chi connectivity index (χ4v) is 2.62. The van der Waals surface area contributed by atoms with E-state index in [9.17, 15) is 0 Å². The summed E-state index contributed by atoms with van der Waals surface area (Å²) in [7, 11) is 3.38. The molecule has 1 N–H and O–H groups in total. The van der Waals surface area contributed by atoms with E-state index in [1.165, 1.54) is 16.8 Å². The van der Waals surface area contributed by atoms with Gasteiger partial charge in [-0.05, 0) is 41.8 Å². The van der Waals surface area contributed by atoms with E-state index in [0.717, 1.165) is 30.0 Å². The van der Waals surface area contributed by atoms with Crippen LogP contribution in [0.2, 0.25) is 0 Å². The van der Waals surface area contributed by atoms with Crippen LogP contribution in [0.5, 0.6) is 11.5 Å². The molecule has 1 heterocycles.